The van der Waals surface area contributed by atoms with Gasteiger partial charge in [0, 0.05) is 19.1 Å². The molecule has 1 aliphatic heterocycles. The van der Waals surface area contributed by atoms with E-state index in [9.17, 15) is 4.79 Å². The van der Waals surface area contributed by atoms with Crippen LogP contribution in [0, 0.1) is 11.3 Å². The highest BCUT2D eigenvalue weighted by Gasteiger charge is 2.34. The summed E-state index contributed by atoms with van der Waals surface area (Å²) in [6.07, 6.45) is 2.08. The number of hydrogen-bond acceptors (Lipinski definition) is 3. The molecule has 1 atom stereocenters. The van der Waals surface area contributed by atoms with E-state index in [1.54, 1.807) is 7.11 Å². The van der Waals surface area contributed by atoms with Gasteiger partial charge in [0.2, 0.25) is 5.91 Å². The fraction of sp³-hybridized carbons (Fsp3) is 0.632. The summed E-state index contributed by atoms with van der Waals surface area (Å²) < 4.78 is 5.43. The minimum absolute atomic E-state index is 0. The van der Waals surface area contributed by atoms with Crippen LogP contribution in [-0.4, -0.2) is 39.3 Å². The Hall–Kier alpha value is -1.10. The van der Waals surface area contributed by atoms with Crippen LogP contribution in [0.5, 0.6) is 0 Å². The molecule has 0 bridgehead atoms. The van der Waals surface area contributed by atoms with Gasteiger partial charge >= 0.3 is 0 Å². The van der Waals surface area contributed by atoms with Gasteiger partial charge in [-0.15, -0.1) is 12.4 Å². The normalized spacial score (nSPS) is 17.8. The van der Waals surface area contributed by atoms with Crippen LogP contribution in [0.15, 0.2) is 30.3 Å². The first-order valence-electron chi connectivity index (χ1n) is 8.60. The van der Waals surface area contributed by atoms with Gasteiger partial charge in [-0.2, -0.15) is 0 Å². The van der Waals surface area contributed by atoms with Crippen molar-refractivity contribution in [3.63, 3.8) is 0 Å². The zero-order valence-corrected chi connectivity index (χ0v) is 15.8. The molecule has 24 heavy (non-hydrogen) atoms. The first-order chi connectivity index (χ1) is 11.1. The van der Waals surface area contributed by atoms with Gasteiger partial charge in [-0.1, -0.05) is 44.2 Å². The van der Waals surface area contributed by atoms with Gasteiger partial charge in [-0.25, -0.2) is 0 Å². The largest absolute Gasteiger partial charge is 0.384 e. The summed E-state index contributed by atoms with van der Waals surface area (Å²) in [5, 5.41) is 6.60. The standard InChI is InChI=1S/C19H30N2O2.ClH/c1-15(2)17(16-7-5-4-6-8-16)18(22)21-13-19(14-23-3)9-11-20-12-10-19;/h4-8,15,17,20H,9-14H2,1-3H3,(H,21,22);1H. The summed E-state index contributed by atoms with van der Waals surface area (Å²) in [6.45, 7) is 7.58. The van der Waals surface area contributed by atoms with Crippen molar-refractivity contribution >= 4 is 18.3 Å². The smallest absolute Gasteiger partial charge is 0.227 e. The average Bonchev–Trinajstić information content (AvgIpc) is 2.55. The minimum Gasteiger partial charge on any atom is -0.384 e. The second-order valence-electron chi connectivity index (χ2n) is 7.03. The van der Waals surface area contributed by atoms with Gasteiger partial charge < -0.3 is 15.4 Å². The van der Waals surface area contributed by atoms with E-state index in [4.69, 9.17) is 4.74 Å². The fourth-order valence-corrected chi connectivity index (χ4v) is 3.52. The number of benzene rings is 1. The van der Waals surface area contributed by atoms with Crippen LogP contribution in [0.4, 0.5) is 0 Å². The molecular weight excluding hydrogens is 324 g/mol. The Kier molecular flexibility index (Phi) is 8.74. The number of ether oxygens (including phenoxy) is 1. The Bertz CT molecular complexity index is 482. The molecule has 4 nitrogen and oxygen atoms in total. The third kappa shape index (κ3) is 5.47. The molecule has 0 saturated carbocycles. The number of halogens is 1. The van der Waals surface area contributed by atoms with Gasteiger partial charge in [0.15, 0.2) is 0 Å². The number of rotatable bonds is 7. The molecule has 0 aliphatic carbocycles. The van der Waals surface area contributed by atoms with E-state index in [0.717, 1.165) is 31.5 Å². The zero-order valence-electron chi connectivity index (χ0n) is 15.0. The van der Waals surface area contributed by atoms with E-state index in [1.165, 1.54) is 0 Å². The number of carbonyl (C=O) groups is 1. The summed E-state index contributed by atoms with van der Waals surface area (Å²) in [5.41, 5.74) is 1.15. The summed E-state index contributed by atoms with van der Waals surface area (Å²) in [4.78, 5) is 12.8. The van der Waals surface area contributed by atoms with Crippen LogP contribution in [0.3, 0.4) is 0 Å². The number of carbonyl (C=O) groups excluding carboxylic acids is 1. The van der Waals surface area contributed by atoms with Crippen molar-refractivity contribution in [3.05, 3.63) is 35.9 Å². The van der Waals surface area contributed by atoms with E-state index in [1.807, 2.05) is 30.3 Å². The lowest BCUT2D eigenvalue weighted by Gasteiger charge is -2.37. The van der Waals surface area contributed by atoms with Gasteiger partial charge in [-0.3, -0.25) is 4.79 Å². The highest BCUT2D eigenvalue weighted by Crippen LogP contribution is 2.29. The van der Waals surface area contributed by atoms with Crippen molar-refractivity contribution in [2.75, 3.05) is 33.4 Å². The van der Waals surface area contributed by atoms with Crippen LogP contribution in [0.2, 0.25) is 0 Å². The Morgan fingerprint density at radius 2 is 1.88 bits per heavy atom. The second-order valence-corrected chi connectivity index (χ2v) is 7.03. The third-order valence-corrected chi connectivity index (χ3v) is 4.86. The van der Waals surface area contributed by atoms with E-state index in [-0.39, 0.29) is 35.6 Å². The lowest BCUT2D eigenvalue weighted by molar-refractivity contribution is -0.124. The molecule has 1 fully saturated rings. The maximum absolute atomic E-state index is 12.8. The summed E-state index contributed by atoms with van der Waals surface area (Å²) in [7, 11) is 1.74. The summed E-state index contributed by atoms with van der Waals surface area (Å²) in [6, 6.07) is 10.1. The van der Waals surface area contributed by atoms with Crippen molar-refractivity contribution in [1.29, 1.82) is 0 Å². The lowest BCUT2D eigenvalue weighted by atomic mass is 9.79. The predicted molar refractivity (Wildman–Crippen MR) is 101 cm³/mol. The van der Waals surface area contributed by atoms with Crippen molar-refractivity contribution in [2.24, 2.45) is 11.3 Å². The molecule has 2 N–H and O–H groups in total. The Balaban J connectivity index is 0.00000288. The van der Waals surface area contributed by atoms with Gasteiger partial charge in [-0.05, 0) is 37.4 Å². The van der Waals surface area contributed by atoms with Crippen molar-refractivity contribution < 1.29 is 9.53 Å². The quantitative estimate of drug-likeness (QED) is 0.791. The molecule has 2 rings (SSSR count). The van der Waals surface area contributed by atoms with E-state index >= 15 is 0 Å². The Labute approximate surface area is 152 Å². The monoisotopic (exact) mass is 354 g/mol. The number of nitrogens with one attached hydrogen (secondary N) is 2. The van der Waals surface area contributed by atoms with Gasteiger partial charge in [0.25, 0.3) is 0 Å². The van der Waals surface area contributed by atoms with Crippen LogP contribution < -0.4 is 10.6 Å². The average molecular weight is 355 g/mol. The van der Waals surface area contributed by atoms with Crippen molar-refractivity contribution in [1.82, 2.24) is 10.6 Å². The molecule has 136 valence electrons. The summed E-state index contributed by atoms with van der Waals surface area (Å²) >= 11 is 0. The zero-order chi connectivity index (χ0) is 16.7. The molecule has 1 amide bonds. The van der Waals surface area contributed by atoms with Crippen LogP contribution in [0.1, 0.15) is 38.2 Å². The lowest BCUT2D eigenvalue weighted by Crippen LogP contribution is -2.48. The third-order valence-electron chi connectivity index (χ3n) is 4.86. The number of piperidine rings is 1. The Morgan fingerprint density at radius 3 is 2.42 bits per heavy atom. The number of methoxy groups -OCH3 is 1. The molecule has 1 heterocycles. The maximum Gasteiger partial charge on any atom is 0.227 e. The summed E-state index contributed by atoms with van der Waals surface area (Å²) in [5.74, 6) is 0.293. The molecule has 1 aliphatic rings. The molecule has 5 heteroatoms. The molecule has 0 radical (unpaired) electrons. The van der Waals surface area contributed by atoms with Crippen molar-refractivity contribution in [3.8, 4) is 0 Å². The molecule has 0 spiro atoms. The first-order valence-corrected chi connectivity index (χ1v) is 8.60. The highest BCUT2D eigenvalue weighted by molar-refractivity contribution is 5.85. The number of amides is 1. The molecular formula is C19H31ClN2O2. The molecule has 1 aromatic carbocycles. The van der Waals surface area contributed by atoms with E-state index in [0.29, 0.717) is 13.2 Å². The van der Waals surface area contributed by atoms with E-state index in [2.05, 4.69) is 24.5 Å². The SMILES string of the molecule is COCC1(CNC(=O)C(c2ccccc2)C(C)C)CCNCC1.Cl. The fourth-order valence-electron chi connectivity index (χ4n) is 3.52. The molecule has 1 saturated heterocycles. The predicted octanol–water partition coefficient (Wildman–Crippen LogP) is 2.98. The van der Waals surface area contributed by atoms with Crippen LogP contribution in [0.25, 0.3) is 0 Å². The molecule has 1 aromatic rings. The van der Waals surface area contributed by atoms with Crippen molar-refractivity contribution in [2.45, 2.75) is 32.6 Å². The van der Waals surface area contributed by atoms with Crippen LogP contribution in [-0.2, 0) is 9.53 Å². The molecule has 0 aromatic heterocycles. The van der Waals surface area contributed by atoms with Gasteiger partial charge in [0.1, 0.15) is 0 Å². The minimum atomic E-state index is -0.0995. The topological polar surface area (TPSA) is 50.4 Å². The van der Waals surface area contributed by atoms with Gasteiger partial charge in [0.05, 0.1) is 12.5 Å². The Morgan fingerprint density at radius 1 is 1.25 bits per heavy atom. The van der Waals surface area contributed by atoms with E-state index < -0.39 is 0 Å². The highest BCUT2D eigenvalue weighted by atomic mass is 35.5. The second kappa shape index (κ2) is 10.0. The number of hydrogen-bond donors (Lipinski definition) is 2. The maximum atomic E-state index is 12.8. The molecule has 1 unspecified atom stereocenters. The first kappa shape index (κ1) is 20.9. The van der Waals surface area contributed by atoms with Crippen LogP contribution >= 0.6 is 12.4 Å².